The van der Waals surface area contributed by atoms with Crippen LogP contribution in [-0.4, -0.2) is 59.2 Å². The Morgan fingerprint density at radius 3 is 2.96 bits per heavy atom. The van der Waals surface area contributed by atoms with Crippen LogP contribution in [0.1, 0.15) is 23.0 Å². The molecule has 1 N–H and O–H groups in total. The molecular weight excluding hydrogens is 296 g/mol. The standard InChI is InChI=1S/C16H20N4O3/c1-2-23-16(21)15-14(17-19-18-15)13-5-3-4-12(10-13)11-20-6-8-22-9-7-20/h3-5,10H,2,6-9,11H2,1H3,(H,17,18,19). The minimum Gasteiger partial charge on any atom is -0.461 e. The van der Waals surface area contributed by atoms with Crippen LogP contribution in [0.3, 0.4) is 0 Å². The molecule has 0 saturated carbocycles. The molecule has 0 unspecified atom stereocenters. The van der Waals surface area contributed by atoms with E-state index in [9.17, 15) is 4.79 Å². The molecule has 0 aliphatic carbocycles. The van der Waals surface area contributed by atoms with E-state index in [1.54, 1.807) is 6.92 Å². The smallest absolute Gasteiger partial charge is 0.361 e. The number of ether oxygens (including phenoxy) is 2. The Labute approximate surface area is 134 Å². The molecule has 1 fully saturated rings. The van der Waals surface area contributed by atoms with E-state index in [1.165, 1.54) is 5.56 Å². The molecule has 0 radical (unpaired) electrons. The first-order valence-corrected chi connectivity index (χ1v) is 7.75. The summed E-state index contributed by atoms with van der Waals surface area (Å²) in [7, 11) is 0. The largest absolute Gasteiger partial charge is 0.461 e. The Hall–Kier alpha value is -2.25. The van der Waals surface area contributed by atoms with Gasteiger partial charge in [0.25, 0.3) is 0 Å². The zero-order valence-corrected chi connectivity index (χ0v) is 13.1. The van der Waals surface area contributed by atoms with Gasteiger partial charge in [-0.25, -0.2) is 4.79 Å². The summed E-state index contributed by atoms with van der Waals surface area (Å²) in [5, 5.41) is 10.5. The number of carbonyl (C=O) groups excluding carboxylic acids is 1. The molecular formula is C16H20N4O3. The van der Waals surface area contributed by atoms with Crippen LogP contribution in [0.2, 0.25) is 0 Å². The summed E-state index contributed by atoms with van der Waals surface area (Å²) in [6.07, 6.45) is 0. The zero-order valence-electron chi connectivity index (χ0n) is 13.1. The topological polar surface area (TPSA) is 80.3 Å². The zero-order chi connectivity index (χ0) is 16.1. The van der Waals surface area contributed by atoms with E-state index in [0.29, 0.717) is 12.3 Å². The maximum absolute atomic E-state index is 11.9. The van der Waals surface area contributed by atoms with Crippen molar-refractivity contribution < 1.29 is 14.3 Å². The Morgan fingerprint density at radius 1 is 1.35 bits per heavy atom. The molecule has 23 heavy (non-hydrogen) atoms. The van der Waals surface area contributed by atoms with Crippen LogP contribution in [0, 0.1) is 0 Å². The molecule has 7 nitrogen and oxygen atoms in total. The molecule has 122 valence electrons. The highest BCUT2D eigenvalue weighted by atomic mass is 16.5. The van der Waals surface area contributed by atoms with E-state index in [2.05, 4.69) is 26.4 Å². The van der Waals surface area contributed by atoms with E-state index in [4.69, 9.17) is 9.47 Å². The Morgan fingerprint density at radius 2 is 2.17 bits per heavy atom. The molecule has 1 saturated heterocycles. The van der Waals surface area contributed by atoms with E-state index < -0.39 is 5.97 Å². The van der Waals surface area contributed by atoms with Crippen molar-refractivity contribution in [3.63, 3.8) is 0 Å². The first-order chi connectivity index (χ1) is 11.3. The molecule has 2 heterocycles. The number of nitrogens with zero attached hydrogens (tertiary/aromatic N) is 3. The molecule has 1 aromatic heterocycles. The first-order valence-electron chi connectivity index (χ1n) is 7.75. The summed E-state index contributed by atoms with van der Waals surface area (Å²) in [4.78, 5) is 14.3. The van der Waals surface area contributed by atoms with E-state index >= 15 is 0 Å². The highest BCUT2D eigenvalue weighted by Crippen LogP contribution is 2.22. The molecule has 0 atom stereocenters. The molecule has 7 heteroatoms. The minimum absolute atomic E-state index is 0.218. The molecule has 0 bridgehead atoms. The van der Waals surface area contributed by atoms with Crippen LogP contribution in [0.25, 0.3) is 11.3 Å². The summed E-state index contributed by atoms with van der Waals surface area (Å²) in [5.41, 5.74) is 2.76. The van der Waals surface area contributed by atoms with Crippen LogP contribution < -0.4 is 0 Å². The van der Waals surface area contributed by atoms with Crippen molar-refractivity contribution in [1.29, 1.82) is 0 Å². The second-order valence-electron chi connectivity index (χ2n) is 5.33. The van der Waals surface area contributed by atoms with Crippen LogP contribution >= 0.6 is 0 Å². The van der Waals surface area contributed by atoms with Crippen LogP contribution in [0.15, 0.2) is 24.3 Å². The molecule has 1 aliphatic heterocycles. The van der Waals surface area contributed by atoms with Crippen molar-refractivity contribution in [3.8, 4) is 11.3 Å². The van der Waals surface area contributed by atoms with Crippen LogP contribution in [0.5, 0.6) is 0 Å². The van der Waals surface area contributed by atoms with Crippen molar-refractivity contribution in [2.24, 2.45) is 0 Å². The van der Waals surface area contributed by atoms with E-state index in [0.717, 1.165) is 38.4 Å². The fourth-order valence-corrected chi connectivity index (χ4v) is 2.61. The predicted octanol–water partition coefficient (Wildman–Crippen LogP) is 1.48. The Balaban J connectivity index is 1.80. The lowest BCUT2D eigenvalue weighted by molar-refractivity contribution is 0.0342. The summed E-state index contributed by atoms with van der Waals surface area (Å²) < 4.78 is 10.4. The Kier molecular flexibility index (Phi) is 4.99. The average Bonchev–Trinajstić information content (AvgIpc) is 3.06. The number of carbonyl (C=O) groups is 1. The second kappa shape index (κ2) is 7.34. The Bertz CT molecular complexity index is 665. The van der Waals surface area contributed by atoms with Crippen LogP contribution in [-0.2, 0) is 16.0 Å². The fourth-order valence-electron chi connectivity index (χ4n) is 2.61. The summed E-state index contributed by atoms with van der Waals surface area (Å²) in [6.45, 7) is 6.34. The summed E-state index contributed by atoms with van der Waals surface area (Å²) in [5.74, 6) is -0.463. The van der Waals surface area contributed by atoms with Gasteiger partial charge in [-0.15, -0.1) is 5.10 Å². The average molecular weight is 316 g/mol. The first kappa shape index (κ1) is 15.6. The van der Waals surface area contributed by atoms with Crippen molar-refractivity contribution in [2.45, 2.75) is 13.5 Å². The minimum atomic E-state index is -0.463. The number of benzene rings is 1. The van der Waals surface area contributed by atoms with Gasteiger partial charge in [-0.3, -0.25) is 4.90 Å². The molecule has 0 spiro atoms. The third kappa shape index (κ3) is 3.75. The van der Waals surface area contributed by atoms with Gasteiger partial charge in [-0.2, -0.15) is 10.3 Å². The van der Waals surface area contributed by atoms with Crippen molar-refractivity contribution in [2.75, 3.05) is 32.9 Å². The lowest BCUT2D eigenvalue weighted by Crippen LogP contribution is -2.35. The van der Waals surface area contributed by atoms with Crippen LogP contribution in [0.4, 0.5) is 0 Å². The molecule has 2 aromatic rings. The number of hydrogen-bond acceptors (Lipinski definition) is 6. The number of aromatic amines is 1. The van der Waals surface area contributed by atoms with Gasteiger partial charge >= 0.3 is 5.97 Å². The monoisotopic (exact) mass is 316 g/mol. The molecule has 3 rings (SSSR count). The van der Waals surface area contributed by atoms with E-state index in [1.807, 2.05) is 18.2 Å². The summed E-state index contributed by atoms with van der Waals surface area (Å²) in [6, 6.07) is 8.00. The number of esters is 1. The summed E-state index contributed by atoms with van der Waals surface area (Å²) >= 11 is 0. The third-order valence-electron chi connectivity index (χ3n) is 3.73. The molecule has 1 aliphatic rings. The lowest BCUT2D eigenvalue weighted by atomic mass is 10.1. The predicted molar refractivity (Wildman–Crippen MR) is 83.9 cm³/mol. The highest BCUT2D eigenvalue weighted by Gasteiger charge is 2.19. The van der Waals surface area contributed by atoms with Gasteiger partial charge in [-0.1, -0.05) is 18.2 Å². The van der Waals surface area contributed by atoms with Gasteiger partial charge in [0.1, 0.15) is 5.69 Å². The van der Waals surface area contributed by atoms with Gasteiger partial charge in [0, 0.05) is 25.2 Å². The second-order valence-corrected chi connectivity index (χ2v) is 5.33. The number of hydrogen-bond donors (Lipinski definition) is 1. The number of morpholine rings is 1. The third-order valence-corrected chi connectivity index (χ3v) is 3.73. The maximum atomic E-state index is 11.9. The molecule has 1 aromatic carbocycles. The maximum Gasteiger partial charge on any atom is 0.361 e. The SMILES string of the molecule is CCOC(=O)c1n[nH]nc1-c1cccc(CN2CCOCC2)c1. The highest BCUT2D eigenvalue weighted by molar-refractivity contribution is 5.93. The van der Waals surface area contributed by atoms with Crippen molar-refractivity contribution in [3.05, 3.63) is 35.5 Å². The van der Waals surface area contributed by atoms with Gasteiger partial charge < -0.3 is 9.47 Å². The number of aromatic nitrogens is 3. The number of rotatable bonds is 5. The number of H-pyrrole nitrogens is 1. The van der Waals surface area contributed by atoms with Gasteiger partial charge in [-0.05, 0) is 18.6 Å². The van der Waals surface area contributed by atoms with Gasteiger partial charge in [0.15, 0.2) is 5.69 Å². The van der Waals surface area contributed by atoms with Gasteiger partial charge in [0.05, 0.1) is 19.8 Å². The quantitative estimate of drug-likeness (QED) is 0.842. The normalized spacial score (nSPS) is 15.5. The lowest BCUT2D eigenvalue weighted by Gasteiger charge is -2.26. The fraction of sp³-hybridized carbons (Fsp3) is 0.438. The van der Waals surface area contributed by atoms with E-state index in [-0.39, 0.29) is 5.69 Å². The number of nitrogens with one attached hydrogen (secondary N) is 1. The van der Waals surface area contributed by atoms with Crippen molar-refractivity contribution in [1.82, 2.24) is 20.3 Å². The molecule has 0 amide bonds. The van der Waals surface area contributed by atoms with Crippen molar-refractivity contribution >= 4 is 5.97 Å². The van der Waals surface area contributed by atoms with Gasteiger partial charge in [0.2, 0.25) is 0 Å².